The van der Waals surface area contributed by atoms with Crippen molar-refractivity contribution in [3.8, 4) is 0 Å². The highest BCUT2D eigenvalue weighted by atomic mass is 32.1. The summed E-state index contributed by atoms with van der Waals surface area (Å²) in [6.45, 7) is 0.828. The molecule has 7 nitrogen and oxygen atoms in total. The summed E-state index contributed by atoms with van der Waals surface area (Å²) in [5.74, 6) is -0.441. The number of aromatic nitrogens is 1. The summed E-state index contributed by atoms with van der Waals surface area (Å²) in [6, 6.07) is 8.98. The molecule has 1 saturated heterocycles. The Morgan fingerprint density at radius 3 is 2.78 bits per heavy atom. The fourth-order valence-electron chi connectivity index (χ4n) is 3.11. The number of anilines is 1. The second-order valence-corrected chi connectivity index (χ2v) is 7.23. The summed E-state index contributed by atoms with van der Waals surface area (Å²) < 4.78 is 0. The zero-order valence-corrected chi connectivity index (χ0v) is 15.7. The van der Waals surface area contributed by atoms with Gasteiger partial charge in [0.1, 0.15) is 6.04 Å². The van der Waals surface area contributed by atoms with Crippen molar-refractivity contribution in [1.82, 2.24) is 15.2 Å². The van der Waals surface area contributed by atoms with Crippen LogP contribution >= 0.6 is 11.3 Å². The van der Waals surface area contributed by atoms with Crippen LogP contribution in [0.3, 0.4) is 0 Å². The predicted octanol–water partition coefficient (Wildman–Crippen LogP) is 1.82. The molecule has 27 heavy (non-hydrogen) atoms. The van der Waals surface area contributed by atoms with Crippen molar-refractivity contribution < 1.29 is 14.4 Å². The third-order valence-corrected chi connectivity index (χ3v) is 5.10. The lowest BCUT2D eigenvalue weighted by molar-refractivity contribution is -0.136. The average molecular weight is 386 g/mol. The van der Waals surface area contributed by atoms with Gasteiger partial charge in [0.25, 0.3) is 0 Å². The summed E-state index contributed by atoms with van der Waals surface area (Å²) in [5.41, 5.74) is 0.930. The fraction of sp³-hybridized carbons (Fsp3) is 0.368. The largest absolute Gasteiger partial charge is 0.355 e. The Labute approximate surface area is 161 Å². The number of thiazole rings is 1. The van der Waals surface area contributed by atoms with Crippen LogP contribution < -0.4 is 10.6 Å². The molecule has 1 fully saturated rings. The number of amides is 3. The smallest absolute Gasteiger partial charge is 0.248 e. The van der Waals surface area contributed by atoms with Gasteiger partial charge in [-0.15, -0.1) is 11.3 Å². The van der Waals surface area contributed by atoms with Gasteiger partial charge in [0.05, 0.1) is 6.42 Å². The van der Waals surface area contributed by atoms with Crippen molar-refractivity contribution in [2.75, 3.05) is 18.4 Å². The number of nitrogens with one attached hydrogen (secondary N) is 2. The summed E-state index contributed by atoms with van der Waals surface area (Å²) >= 11 is 1.34. The Bertz CT molecular complexity index is 780. The number of hydrogen-bond acceptors (Lipinski definition) is 5. The number of likely N-dealkylation sites (tertiary alicyclic amines) is 1. The molecule has 1 aliphatic heterocycles. The third-order valence-electron chi connectivity index (χ3n) is 4.41. The maximum atomic E-state index is 12.5. The third kappa shape index (κ3) is 5.37. The van der Waals surface area contributed by atoms with Crippen molar-refractivity contribution in [1.29, 1.82) is 0 Å². The van der Waals surface area contributed by atoms with Gasteiger partial charge >= 0.3 is 0 Å². The molecule has 0 aliphatic carbocycles. The summed E-state index contributed by atoms with van der Waals surface area (Å²) in [4.78, 5) is 42.5. The molecule has 2 aromatic rings. The molecule has 1 unspecified atom stereocenters. The van der Waals surface area contributed by atoms with E-state index in [2.05, 4.69) is 15.6 Å². The second kappa shape index (κ2) is 9.27. The lowest BCUT2D eigenvalue weighted by Crippen LogP contribution is -2.44. The Kier molecular flexibility index (Phi) is 6.54. The zero-order valence-electron chi connectivity index (χ0n) is 14.9. The Hall–Kier alpha value is -2.74. The minimum absolute atomic E-state index is 0.117. The van der Waals surface area contributed by atoms with Crippen molar-refractivity contribution in [3.05, 3.63) is 47.5 Å². The summed E-state index contributed by atoms with van der Waals surface area (Å²) in [7, 11) is 0. The maximum absolute atomic E-state index is 12.5. The quantitative estimate of drug-likeness (QED) is 0.759. The molecule has 3 rings (SSSR count). The first-order valence-electron chi connectivity index (χ1n) is 8.94. The number of carbonyl (C=O) groups is 3. The Balaban J connectivity index is 1.44. The van der Waals surface area contributed by atoms with Crippen LogP contribution in [0, 0.1) is 0 Å². The first-order valence-corrected chi connectivity index (χ1v) is 9.82. The number of rotatable bonds is 7. The van der Waals surface area contributed by atoms with E-state index in [4.69, 9.17) is 0 Å². The van der Waals surface area contributed by atoms with Crippen LogP contribution in [0.5, 0.6) is 0 Å². The Morgan fingerprint density at radius 1 is 1.22 bits per heavy atom. The molecule has 2 heterocycles. The molecule has 1 aromatic heterocycles. The van der Waals surface area contributed by atoms with Gasteiger partial charge in [-0.3, -0.25) is 14.4 Å². The SMILES string of the molecule is O=C(Cc1ccccc1)NCCC(=O)N1CCCC1C(=O)Nc1nccs1. The first-order chi connectivity index (χ1) is 13.1. The van der Waals surface area contributed by atoms with Gasteiger partial charge in [0.2, 0.25) is 17.7 Å². The van der Waals surface area contributed by atoms with E-state index in [1.54, 1.807) is 16.5 Å². The standard InChI is InChI=1S/C19H22N4O3S/c24-16(13-14-5-2-1-3-6-14)20-9-8-17(25)23-11-4-7-15(23)18(26)22-19-21-10-12-27-19/h1-3,5-6,10,12,15H,4,7-9,11,13H2,(H,20,24)(H,21,22,26). The number of carbonyl (C=O) groups excluding carboxylic acids is 3. The van der Waals surface area contributed by atoms with Crippen molar-refractivity contribution in [2.45, 2.75) is 31.7 Å². The number of nitrogens with zero attached hydrogens (tertiary/aromatic N) is 2. The molecule has 0 spiro atoms. The highest BCUT2D eigenvalue weighted by Gasteiger charge is 2.34. The molecule has 1 atom stereocenters. The van der Waals surface area contributed by atoms with E-state index in [-0.39, 0.29) is 37.1 Å². The van der Waals surface area contributed by atoms with Gasteiger partial charge in [0, 0.05) is 31.1 Å². The van der Waals surface area contributed by atoms with Crippen LogP contribution in [-0.2, 0) is 20.8 Å². The number of benzene rings is 1. The van der Waals surface area contributed by atoms with Gasteiger partial charge < -0.3 is 15.5 Å². The van der Waals surface area contributed by atoms with Crippen LogP contribution in [0.1, 0.15) is 24.8 Å². The summed E-state index contributed by atoms with van der Waals surface area (Å²) in [6.07, 6.45) is 3.53. The van der Waals surface area contributed by atoms with Gasteiger partial charge in [-0.05, 0) is 18.4 Å². The fourth-order valence-corrected chi connectivity index (χ4v) is 3.64. The lowest BCUT2D eigenvalue weighted by atomic mass is 10.1. The van der Waals surface area contributed by atoms with E-state index in [0.29, 0.717) is 18.1 Å². The van der Waals surface area contributed by atoms with Crippen molar-refractivity contribution in [2.24, 2.45) is 0 Å². The summed E-state index contributed by atoms with van der Waals surface area (Å²) in [5, 5.41) is 7.84. The van der Waals surface area contributed by atoms with Gasteiger partial charge in [0.15, 0.2) is 5.13 Å². The molecular weight excluding hydrogens is 364 g/mol. The molecule has 8 heteroatoms. The first kappa shape index (κ1) is 19.0. The van der Waals surface area contributed by atoms with E-state index in [1.165, 1.54) is 11.3 Å². The van der Waals surface area contributed by atoms with E-state index in [0.717, 1.165) is 12.0 Å². The van der Waals surface area contributed by atoms with E-state index >= 15 is 0 Å². The molecule has 0 saturated carbocycles. The zero-order chi connectivity index (χ0) is 19.1. The topological polar surface area (TPSA) is 91.4 Å². The maximum Gasteiger partial charge on any atom is 0.248 e. The minimum atomic E-state index is -0.471. The van der Waals surface area contributed by atoms with Gasteiger partial charge in [-0.1, -0.05) is 30.3 Å². The van der Waals surface area contributed by atoms with Crippen LogP contribution in [0.25, 0.3) is 0 Å². The van der Waals surface area contributed by atoms with Crippen LogP contribution in [0.15, 0.2) is 41.9 Å². The predicted molar refractivity (Wildman–Crippen MR) is 103 cm³/mol. The number of hydrogen-bond donors (Lipinski definition) is 2. The lowest BCUT2D eigenvalue weighted by Gasteiger charge is -2.23. The van der Waals surface area contributed by atoms with E-state index < -0.39 is 6.04 Å². The molecule has 3 amide bonds. The monoisotopic (exact) mass is 386 g/mol. The highest BCUT2D eigenvalue weighted by Crippen LogP contribution is 2.20. The van der Waals surface area contributed by atoms with Crippen LogP contribution in [0.4, 0.5) is 5.13 Å². The normalized spacial score (nSPS) is 16.1. The Morgan fingerprint density at radius 2 is 2.04 bits per heavy atom. The van der Waals surface area contributed by atoms with Gasteiger partial charge in [-0.25, -0.2) is 4.98 Å². The molecule has 2 N–H and O–H groups in total. The molecular formula is C19H22N4O3S. The van der Waals surface area contributed by atoms with Gasteiger partial charge in [-0.2, -0.15) is 0 Å². The minimum Gasteiger partial charge on any atom is -0.355 e. The molecule has 142 valence electrons. The van der Waals surface area contributed by atoms with Crippen molar-refractivity contribution in [3.63, 3.8) is 0 Å². The molecule has 1 aromatic carbocycles. The molecule has 0 radical (unpaired) electrons. The van der Waals surface area contributed by atoms with E-state index in [1.807, 2.05) is 30.3 Å². The average Bonchev–Trinajstić information content (AvgIpc) is 3.34. The second-order valence-electron chi connectivity index (χ2n) is 6.33. The molecule has 0 bridgehead atoms. The molecule has 1 aliphatic rings. The highest BCUT2D eigenvalue weighted by molar-refractivity contribution is 7.13. The van der Waals surface area contributed by atoms with Crippen LogP contribution in [0.2, 0.25) is 0 Å². The van der Waals surface area contributed by atoms with Crippen molar-refractivity contribution >= 4 is 34.2 Å². The van der Waals surface area contributed by atoms with E-state index in [9.17, 15) is 14.4 Å². The van der Waals surface area contributed by atoms with Crippen LogP contribution in [-0.4, -0.2) is 46.7 Å².